The van der Waals surface area contributed by atoms with Gasteiger partial charge in [0.1, 0.15) is 0 Å². The fraction of sp³-hybridized carbons (Fsp3) is 0.222. The van der Waals surface area contributed by atoms with Gasteiger partial charge in [-0.15, -0.1) is 16.8 Å². The van der Waals surface area contributed by atoms with Crippen molar-refractivity contribution in [1.82, 2.24) is 19.7 Å². The van der Waals surface area contributed by atoms with E-state index in [4.69, 9.17) is 4.42 Å². The van der Waals surface area contributed by atoms with Gasteiger partial charge in [-0.1, -0.05) is 48.2 Å². The van der Waals surface area contributed by atoms with Crippen LogP contribution in [0.25, 0.3) is 0 Å². The maximum atomic E-state index is 12.5. The number of aromatic nitrogens is 4. The third-order valence-electron chi connectivity index (χ3n) is 3.79. The van der Waals surface area contributed by atoms with Crippen LogP contribution in [0.2, 0.25) is 0 Å². The number of aromatic amines is 1. The molecular weight excluding hydrogens is 352 g/mol. The highest BCUT2D eigenvalue weighted by molar-refractivity contribution is 7.98. The van der Waals surface area contributed by atoms with E-state index in [0.29, 0.717) is 28.1 Å². The summed E-state index contributed by atoms with van der Waals surface area (Å²) in [6.45, 7) is 5.39. The van der Waals surface area contributed by atoms with Crippen molar-refractivity contribution in [3.05, 3.63) is 86.5 Å². The molecule has 0 unspecified atom stereocenters. The van der Waals surface area contributed by atoms with Crippen molar-refractivity contribution in [2.75, 3.05) is 0 Å². The van der Waals surface area contributed by atoms with Crippen molar-refractivity contribution in [3.63, 3.8) is 0 Å². The number of nitrogens with one attached hydrogen (secondary N) is 1. The lowest BCUT2D eigenvalue weighted by atomic mass is 10.1. The number of thioether (sulfide) groups is 1. The maximum Gasteiger partial charge on any atom is 0.328 e. The van der Waals surface area contributed by atoms with Crippen molar-refractivity contribution >= 4 is 11.8 Å². The Bertz CT molecular complexity index is 1020. The molecule has 7 nitrogen and oxygen atoms in total. The molecule has 0 atom stereocenters. The highest BCUT2D eigenvalue weighted by atomic mass is 32.2. The Balaban J connectivity index is 1.77. The van der Waals surface area contributed by atoms with E-state index in [-0.39, 0.29) is 18.5 Å². The Morgan fingerprint density at radius 2 is 2.04 bits per heavy atom. The van der Waals surface area contributed by atoms with Crippen molar-refractivity contribution in [2.45, 2.75) is 30.9 Å². The van der Waals surface area contributed by atoms with Gasteiger partial charge in [0.05, 0.1) is 6.42 Å². The summed E-state index contributed by atoms with van der Waals surface area (Å²) in [6, 6.07) is 9.96. The summed E-state index contributed by atoms with van der Waals surface area (Å²) in [5.74, 6) is 1.05. The van der Waals surface area contributed by atoms with Gasteiger partial charge < -0.3 is 9.40 Å². The number of rotatable bonds is 7. The van der Waals surface area contributed by atoms with Crippen LogP contribution in [0.1, 0.15) is 22.7 Å². The molecule has 26 heavy (non-hydrogen) atoms. The van der Waals surface area contributed by atoms with E-state index in [0.717, 1.165) is 10.1 Å². The Kier molecular flexibility index (Phi) is 5.52. The van der Waals surface area contributed by atoms with Crippen LogP contribution in [0.3, 0.4) is 0 Å². The highest BCUT2D eigenvalue weighted by Gasteiger charge is 2.15. The number of aryl methyl sites for hydroxylation is 1. The van der Waals surface area contributed by atoms with Crippen LogP contribution in [-0.2, 0) is 18.7 Å². The first kappa shape index (κ1) is 17.9. The molecule has 8 heteroatoms. The summed E-state index contributed by atoms with van der Waals surface area (Å²) in [7, 11) is 0. The standard InChI is InChI=1S/C18H18N4O3S/c1-3-9-22-16(23)14(12(2)19-17(22)24)10-15-20-21-18(25-15)26-11-13-7-5-4-6-8-13/h3-8H,1,9-11H2,2H3,(H,19,24). The first-order valence-electron chi connectivity index (χ1n) is 8.01. The summed E-state index contributed by atoms with van der Waals surface area (Å²) >= 11 is 1.43. The van der Waals surface area contributed by atoms with Gasteiger partial charge in [-0.05, 0) is 12.5 Å². The van der Waals surface area contributed by atoms with E-state index in [1.165, 1.54) is 17.8 Å². The van der Waals surface area contributed by atoms with Gasteiger partial charge in [-0.25, -0.2) is 4.79 Å². The summed E-state index contributed by atoms with van der Waals surface area (Å²) < 4.78 is 6.72. The average Bonchev–Trinajstić information content (AvgIpc) is 3.09. The fourth-order valence-electron chi connectivity index (χ4n) is 2.46. The van der Waals surface area contributed by atoms with Gasteiger partial charge in [0.15, 0.2) is 0 Å². The molecule has 0 spiro atoms. The molecule has 2 aromatic heterocycles. The molecule has 0 aliphatic rings. The number of H-pyrrole nitrogens is 1. The molecule has 0 bridgehead atoms. The number of nitrogens with zero attached hydrogens (tertiary/aromatic N) is 3. The van der Waals surface area contributed by atoms with Crippen molar-refractivity contribution in [1.29, 1.82) is 0 Å². The van der Waals surface area contributed by atoms with Gasteiger partial charge in [-0.3, -0.25) is 9.36 Å². The zero-order valence-electron chi connectivity index (χ0n) is 14.3. The SMILES string of the molecule is C=CCn1c(=O)[nH]c(C)c(Cc2nnc(SCc3ccccc3)o2)c1=O. The molecule has 0 aliphatic heterocycles. The van der Waals surface area contributed by atoms with E-state index >= 15 is 0 Å². The average molecular weight is 370 g/mol. The minimum atomic E-state index is -0.458. The molecule has 0 aliphatic carbocycles. The van der Waals surface area contributed by atoms with Gasteiger partial charge >= 0.3 is 5.69 Å². The zero-order chi connectivity index (χ0) is 18.5. The molecule has 0 saturated heterocycles. The van der Waals surface area contributed by atoms with Crippen molar-refractivity contribution in [2.24, 2.45) is 0 Å². The van der Waals surface area contributed by atoms with Crippen LogP contribution in [0.4, 0.5) is 0 Å². The number of hydrogen-bond acceptors (Lipinski definition) is 6. The molecular formula is C18H18N4O3S. The molecule has 3 aromatic rings. The minimum Gasteiger partial charge on any atom is -0.416 e. The lowest BCUT2D eigenvalue weighted by molar-refractivity contribution is 0.419. The van der Waals surface area contributed by atoms with Crippen LogP contribution in [0.5, 0.6) is 0 Å². The lowest BCUT2D eigenvalue weighted by Gasteiger charge is -2.06. The molecule has 3 rings (SSSR count). The quantitative estimate of drug-likeness (QED) is 0.507. The van der Waals surface area contributed by atoms with Crippen LogP contribution in [-0.4, -0.2) is 19.7 Å². The normalized spacial score (nSPS) is 10.8. The Labute approximate surface area is 153 Å². The molecule has 0 radical (unpaired) electrons. The first-order chi connectivity index (χ1) is 12.6. The Morgan fingerprint density at radius 1 is 1.27 bits per heavy atom. The summed E-state index contributed by atoms with van der Waals surface area (Å²) in [5, 5.41) is 8.46. The topological polar surface area (TPSA) is 93.8 Å². The van der Waals surface area contributed by atoms with E-state index in [1.54, 1.807) is 6.92 Å². The van der Waals surface area contributed by atoms with E-state index in [1.807, 2.05) is 30.3 Å². The Hall–Kier alpha value is -2.87. The van der Waals surface area contributed by atoms with Gasteiger partial charge in [0, 0.05) is 23.6 Å². The van der Waals surface area contributed by atoms with Crippen LogP contribution in [0.15, 0.2) is 62.2 Å². The smallest absolute Gasteiger partial charge is 0.328 e. The lowest BCUT2D eigenvalue weighted by Crippen LogP contribution is -2.37. The van der Waals surface area contributed by atoms with Crippen molar-refractivity contribution < 1.29 is 4.42 Å². The fourth-order valence-corrected chi connectivity index (χ4v) is 3.20. The first-order valence-corrected chi connectivity index (χ1v) is 8.99. The van der Waals surface area contributed by atoms with Crippen LogP contribution >= 0.6 is 11.8 Å². The van der Waals surface area contributed by atoms with Gasteiger partial charge in [0.2, 0.25) is 5.89 Å². The molecule has 1 N–H and O–H groups in total. The minimum absolute atomic E-state index is 0.142. The van der Waals surface area contributed by atoms with Crippen LogP contribution in [0, 0.1) is 6.92 Å². The van der Waals surface area contributed by atoms with Crippen LogP contribution < -0.4 is 11.2 Å². The maximum absolute atomic E-state index is 12.5. The molecule has 0 saturated carbocycles. The third kappa shape index (κ3) is 4.02. The Morgan fingerprint density at radius 3 is 2.77 bits per heavy atom. The largest absolute Gasteiger partial charge is 0.416 e. The molecule has 0 fully saturated rings. The third-order valence-corrected chi connectivity index (χ3v) is 4.68. The highest BCUT2D eigenvalue weighted by Crippen LogP contribution is 2.21. The second-order valence-electron chi connectivity index (χ2n) is 5.65. The predicted molar refractivity (Wildman–Crippen MR) is 99.4 cm³/mol. The molecule has 1 aromatic carbocycles. The van der Waals surface area contributed by atoms with E-state index < -0.39 is 5.69 Å². The number of hydrogen-bond donors (Lipinski definition) is 1. The predicted octanol–water partition coefficient (Wildman–Crippen LogP) is 2.30. The molecule has 134 valence electrons. The molecule has 2 heterocycles. The van der Waals surface area contributed by atoms with Gasteiger partial charge in [-0.2, -0.15) is 0 Å². The number of allylic oxidation sites excluding steroid dienone is 1. The summed E-state index contributed by atoms with van der Waals surface area (Å²) in [6.07, 6.45) is 1.66. The second-order valence-corrected chi connectivity index (χ2v) is 6.58. The van der Waals surface area contributed by atoms with Crippen molar-refractivity contribution in [3.8, 4) is 0 Å². The monoisotopic (exact) mass is 370 g/mol. The summed E-state index contributed by atoms with van der Waals surface area (Å²) in [5.41, 5.74) is 1.25. The van der Waals surface area contributed by atoms with E-state index in [2.05, 4.69) is 21.8 Å². The number of benzene rings is 1. The summed E-state index contributed by atoms with van der Waals surface area (Å²) in [4.78, 5) is 27.1. The van der Waals surface area contributed by atoms with Gasteiger partial charge in [0.25, 0.3) is 10.8 Å². The zero-order valence-corrected chi connectivity index (χ0v) is 15.1. The second kappa shape index (κ2) is 8.01. The van der Waals surface area contributed by atoms with E-state index in [9.17, 15) is 9.59 Å². The molecule has 0 amide bonds.